The number of pyridine rings is 1. The molecule has 1 aromatic heterocycles. The average Bonchev–Trinajstić information content (AvgIpc) is 3.45. The molecule has 0 radical (unpaired) electrons. The van der Waals surface area contributed by atoms with E-state index in [9.17, 15) is 18.0 Å². The minimum absolute atomic E-state index is 0.134. The molecule has 3 heterocycles. The first-order valence-corrected chi connectivity index (χ1v) is 12.9. The van der Waals surface area contributed by atoms with Crippen LogP contribution in [-0.2, 0) is 19.1 Å². The number of fused-ring (bicyclic) bond motifs is 4. The number of benzene rings is 4. The lowest BCUT2D eigenvalue weighted by Crippen LogP contribution is -2.38. The number of nitrogens with zero attached hydrogens (tertiary/aromatic N) is 1. The molecule has 0 aliphatic carbocycles. The van der Waals surface area contributed by atoms with Gasteiger partial charge in [-0.3, -0.25) is 4.79 Å². The first kappa shape index (κ1) is 25.3. The molecular weight excluding hydrogens is 539 g/mol. The van der Waals surface area contributed by atoms with Crippen molar-refractivity contribution in [3.8, 4) is 28.7 Å². The molecule has 0 fully saturated rings. The molecule has 7 nitrogen and oxygen atoms in total. The number of ketones is 1. The molecule has 0 saturated heterocycles. The van der Waals surface area contributed by atoms with Crippen molar-refractivity contribution >= 4 is 38.2 Å². The van der Waals surface area contributed by atoms with Gasteiger partial charge in [0.15, 0.2) is 48.1 Å². The maximum absolute atomic E-state index is 13.5. The quantitative estimate of drug-likeness (QED) is 0.143. The SMILES string of the molecule is COc1ccc(C(=O)COc2c(OC)ccc3c2c[n+]2c4c3ccc3c5c(cc(c34)CC2)OCO5)cc1C(F)(F)F. The Balaban J connectivity index is 1.32. The van der Waals surface area contributed by atoms with E-state index in [1.165, 1.54) is 18.7 Å². The van der Waals surface area contributed by atoms with Crippen LogP contribution in [0, 0.1) is 0 Å². The highest BCUT2D eigenvalue weighted by atomic mass is 19.4. The average molecular weight is 563 g/mol. The molecule has 2 aliphatic heterocycles. The zero-order valence-electron chi connectivity index (χ0n) is 22.1. The van der Waals surface area contributed by atoms with Crippen LogP contribution < -0.4 is 28.3 Å². The highest BCUT2D eigenvalue weighted by Gasteiger charge is 2.35. The van der Waals surface area contributed by atoms with Gasteiger partial charge in [0, 0.05) is 22.8 Å². The molecule has 0 bridgehead atoms. The Hall–Kier alpha value is -4.73. The van der Waals surface area contributed by atoms with Gasteiger partial charge in [-0.05, 0) is 54.1 Å². The van der Waals surface area contributed by atoms with Crippen molar-refractivity contribution in [2.24, 2.45) is 0 Å². The second kappa shape index (κ2) is 9.15. The van der Waals surface area contributed by atoms with E-state index < -0.39 is 24.1 Å². The van der Waals surface area contributed by atoms with Crippen molar-refractivity contribution < 1.29 is 46.2 Å². The Morgan fingerprint density at radius 1 is 0.927 bits per heavy atom. The van der Waals surface area contributed by atoms with E-state index >= 15 is 0 Å². The summed E-state index contributed by atoms with van der Waals surface area (Å²) in [6, 6.07) is 13.0. The molecule has 7 rings (SSSR count). The molecule has 0 saturated carbocycles. The smallest absolute Gasteiger partial charge is 0.419 e. The first-order chi connectivity index (χ1) is 19.8. The number of hydrogen-bond acceptors (Lipinski definition) is 6. The van der Waals surface area contributed by atoms with Gasteiger partial charge in [-0.25, -0.2) is 0 Å². The topological polar surface area (TPSA) is 67.1 Å². The van der Waals surface area contributed by atoms with Gasteiger partial charge in [0.1, 0.15) is 5.75 Å². The minimum Gasteiger partial charge on any atom is -0.496 e. The first-order valence-electron chi connectivity index (χ1n) is 12.9. The van der Waals surface area contributed by atoms with Gasteiger partial charge in [0.2, 0.25) is 12.3 Å². The monoisotopic (exact) mass is 562 g/mol. The molecule has 4 aromatic carbocycles. The molecule has 0 unspecified atom stereocenters. The molecule has 41 heavy (non-hydrogen) atoms. The lowest BCUT2D eigenvalue weighted by atomic mass is 9.93. The van der Waals surface area contributed by atoms with Crippen LogP contribution in [0.1, 0.15) is 21.5 Å². The summed E-state index contributed by atoms with van der Waals surface area (Å²) >= 11 is 0. The molecule has 5 aromatic rings. The Labute approximate surface area is 231 Å². The highest BCUT2D eigenvalue weighted by Crippen LogP contribution is 2.46. The third-order valence-electron chi connectivity index (χ3n) is 7.73. The lowest BCUT2D eigenvalue weighted by molar-refractivity contribution is -0.670. The van der Waals surface area contributed by atoms with Crippen molar-refractivity contribution in [2.45, 2.75) is 19.1 Å². The summed E-state index contributed by atoms with van der Waals surface area (Å²) in [5, 5.41) is 4.69. The van der Waals surface area contributed by atoms with Crippen LogP contribution in [-0.4, -0.2) is 33.4 Å². The number of carbonyl (C=O) groups excluding carboxylic acids is 1. The molecular formula is C31H23F3NO6+. The molecule has 0 amide bonds. The lowest BCUT2D eigenvalue weighted by Gasteiger charge is -2.18. The van der Waals surface area contributed by atoms with Crippen LogP contribution in [0.3, 0.4) is 0 Å². The fraction of sp³-hybridized carbons (Fsp3) is 0.226. The summed E-state index contributed by atoms with van der Waals surface area (Å²) in [6.07, 6.45) is -1.92. The maximum Gasteiger partial charge on any atom is 0.419 e. The number of alkyl halides is 3. The van der Waals surface area contributed by atoms with E-state index in [-0.39, 0.29) is 18.1 Å². The van der Waals surface area contributed by atoms with E-state index in [2.05, 4.69) is 10.6 Å². The zero-order chi connectivity index (χ0) is 28.5. The van der Waals surface area contributed by atoms with Crippen molar-refractivity contribution in [3.05, 3.63) is 71.4 Å². The summed E-state index contributed by atoms with van der Waals surface area (Å²) in [5.41, 5.74) is 1.08. The third-order valence-corrected chi connectivity index (χ3v) is 7.73. The van der Waals surface area contributed by atoms with Gasteiger partial charge in [-0.1, -0.05) is 0 Å². The summed E-state index contributed by atoms with van der Waals surface area (Å²) in [5.74, 6) is 1.27. The standard InChI is InChI=1S/C31H23F3NO6/c1-37-24-7-3-16(11-22(24)31(32,33)34)23(36)14-39-30-21-13-35-10-9-17-12-26-29(41-15-40-26)20-5-4-19(28(35)27(17)20)18(21)6-8-25(30)38-2/h3-8,11-13H,9-10,14-15H2,1-2H3/q+1. The number of Topliss-reactive ketones (excluding diaryl/α,β-unsaturated/α-hetero) is 1. The Morgan fingerprint density at radius 2 is 1.68 bits per heavy atom. The fourth-order valence-electron chi connectivity index (χ4n) is 5.87. The summed E-state index contributed by atoms with van der Waals surface area (Å²) < 4.78 is 70.5. The number of ether oxygens (including phenoxy) is 5. The van der Waals surface area contributed by atoms with E-state index in [0.29, 0.717) is 18.0 Å². The van der Waals surface area contributed by atoms with Crippen molar-refractivity contribution in [3.63, 3.8) is 0 Å². The zero-order valence-corrected chi connectivity index (χ0v) is 22.1. The summed E-state index contributed by atoms with van der Waals surface area (Å²) in [6.45, 7) is 0.416. The van der Waals surface area contributed by atoms with Crippen LogP contribution in [0.15, 0.2) is 54.7 Å². The predicted octanol–water partition coefficient (Wildman–Crippen LogP) is 6.02. The number of aromatic nitrogens is 1. The number of carbonyl (C=O) groups is 1. The van der Waals surface area contributed by atoms with E-state index in [0.717, 1.165) is 69.6 Å². The van der Waals surface area contributed by atoms with Gasteiger partial charge in [-0.2, -0.15) is 17.7 Å². The number of halogens is 3. The number of methoxy groups -OCH3 is 2. The van der Waals surface area contributed by atoms with Crippen molar-refractivity contribution in [2.75, 3.05) is 27.6 Å². The van der Waals surface area contributed by atoms with Crippen molar-refractivity contribution in [1.82, 2.24) is 0 Å². The Kier molecular flexibility index (Phi) is 5.64. The largest absolute Gasteiger partial charge is 0.496 e. The van der Waals surface area contributed by atoms with Crippen LogP contribution in [0.5, 0.6) is 28.7 Å². The molecule has 208 valence electrons. The predicted molar refractivity (Wildman–Crippen MR) is 143 cm³/mol. The van der Waals surface area contributed by atoms with E-state index in [4.69, 9.17) is 23.7 Å². The Bertz CT molecular complexity index is 1920. The van der Waals surface area contributed by atoms with E-state index in [1.54, 1.807) is 6.07 Å². The summed E-state index contributed by atoms with van der Waals surface area (Å²) in [7, 11) is 2.64. The summed E-state index contributed by atoms with van der Waals surface area (Å²) in [4.78, 5) is 13.0. The van der Waals surface area contributed by atoms with Crippen molar-refractivity contribution in [1.29, 1.82) is 0 Å². The highest BCUT2D eigenvalue weighted by molar-refractivity contribution is 6.17. The number of aryl methyl sites for hydroxylation is 2. The van der Waals surface area contributed by atoms with Crippen LogP contribution in [0.2, 0.25) is 0 Å². The molecule has 2 aliphatic rings. The van der Waals surface area contributed by atoms with Crippen LogP contribution in [0.4, 0.5) is 13.2 Å². The number of rotatable bonds is 6. The second-order valence-corrected chi connectivity index (χ2v) is 9.91. The number of hydrogen-bond donors (Lipinski definition) is 0. The maximum atomic E-state index is 13.5. The van der Waals surface area contributed by atoms with Gasteiger partial charge >= 0.3 is 6.18 Å². The van der Waals surface area contributed by atoms with Crippen LogP contribution in [0.25, 0.3) is 32.4 Å². The fourth-order valence-corrected chi connectivity index (χ4v) is 5.87. The van der Waals surface area contributed by atoms with Gasteiger partial charge in [0.05, 0.1) is 35.9 Å². The molecule has 10 heteroatoms. The molecule has 0 N–H and O–H groups in total. The molecule has 0 spiro atoms. The normalized spacial score (nSPS) is 13.8. The minimum atomic E-state index is -4.68. The molecule has 0 atom stereocenters. The van der Waals surface area contributed by atoms with Gasteiger partial charge in [-0.15, -0.1) is 0 Å². The van der Waals surface area contributed by atoms with E-state index in [1.807, 2.05) is 24.4 Å². The van der Waals surface area contributed by atoms with Crippen LogP contribution >= 0.6 is 0 Å². The third kappa shape index (κ3) is 3.88. The second-order valence-electron chi connectivity index (χ2n) is 9.91. The van der Waals surface area contributed by atoms with Gasteiger partial charge in [0.25, 0.3) is 0 Å². The van der Waals surface area contributed by atoms with Gasteiger partial charge < -0.3 is 23.7 Å². The Morgan fingerprint density at radius 3 is 2.46 bits per heavy atom.